The van der Waals surface area contributed by atoms with Gasteiger partial charge in [0.1, 0.15) is 0 Å². The Morgan fingerprint density at radius 1 is 0.652 bits per heavy atom. The molecule has 0 fully saturated rings. The van der Waals surface area contributed by atoms with E-state index in [0.717, 1.165) is 6.54 Å². The van der Waals surface area contributed by atoms with Crippen molar-refractivity contribution in [1.29, 1.82) is 0 Å². The lowest BCUT2D eigenvalue weighted by Gasteiger charge is -2.08. The molecule has 0 aliphatic heterocycles. The molecule has 0 aromatic heterocycles. The summed E-state index contributed by atoms with van der Waals surface area (Å²) < 4.78 is 0. The van der Waals surface area contributed by atoms with Crippen LogP contribution >= 0.6 is 12.4 Å². The zero-order valence-corrected chi connectivity index (χ0v) is 16.8. The highest BCUT2D eigenvalue weighted by Gasteiger charge is 1.91. The first-order chi connectivity index (χ1) is 10.7. The van der Waals surface area contributed by atoms with E-state index in [2.05, 4.69) is 57.1 Å². The summed E-state index contributed by atoms with van der Waals surface area (Å²) in [6.45, 7) is 5.59. The first-order valence-electron chi connectivity index (χ1n) is 9.39. The molecule has 136 valence electrons. The summed E-state index contributed by atoms with van der Waals surface area (Å²) in [5, 5.41) is 0. The summed E-state index contributed by atoms with van der Waals surface area (Å²) in [6, 6.07) is 10.5. The van der Waals surface area contributed by atoms with Crippen molar-refractivity contribution in [2.75, 3.05) is 14.1 Å². The second kappa shape index (κ2) is 19.5. The maximum absolute atomic E-state index is 2.28. The van der Waals surface area contributed by atoms with Gasteiger partial charge in [0.25, 0.3) is 0 Å². The van der Waals surface area contributed by atoms with Crippen LogP contribution in [0.4, 0.5) is 0 Å². The van der Waals surface area contributed by atoms with E-state index in [-0.39, 0.29) is 12.4 Å². The van der Waals surface area contributed by atoms with Crippen molar-refractivity contribution < 1.29 is 0 Å². The molecule has 0 saturated heterocycles. The molecule has 2 heteroatoms. The fourth-order valence-corrected chi connectivity index (χ4v) is 2.51. The molecule has 1 nitrogen and oxygen atoms in total. The molecule has 0 aliphatic carbocycles. The number of unbranched alkanes of at least 4 members (excludes halogenated alkanes) is 9. The third kappa shape index (κ3) is 19.4. The minimum Gasteiger partial charge on any atom is -0.305 e. The van der Waals surface area contributed by atoms with Gasteiger partial charge in [0.05, 0.1) is 0 Å². The van der Waals surface area contributed by atoms with Gasteiger partial charge in [-0.25, -0.2) is 0 Å². The minimum atomic E-state index is 0. The maximum Gasteiger partial charge on any atom is 0.0227 e. The molecule has 0 radical (unpaired) electrons. The summed E-state index contributed by atoms with van der Waals surface area (Å²) in [7, 11) is 4.15. The van der Waals surface area contributed by atoms with Crippen molar-refractivity contribution in [2.45, 2.75) is 84.6 Å². The van der Waals surface area contributed by atoms with Crippen LogP contribution in [-0.2, 0) is 6.54 Å². The normalized spacial score (nSPS) is 9.96. The van der Waals surface area contributed by atoms with Crippen molar-refractivity contribution >= 4 is 12.4 Å². The maximum atomic E-state index is 2.28. The fraction of sp³-hybridized carbons (Fsp3) is 0.714. The van der Waals surface area contributed by atoms with Crippen LogP contribution in [0.5, 0.6) is 0 Å². The Labute approximate surface area is 152 Å². The van der Waals surface area contributed by atoms with E-state index in [4.69, 9.17) is 0 Å². The van der Waals surface area contributed by atoms with E-state index in [0.29, 0.717) is 0 Å². The zero-order valence-electron chi connectivity index (χ0n) is 16.0. The van der Waals surface area contributed by atoms with Crippen LogP contribution in [0.25, 0.3) is 0 Å². The van der Waals surface area contributed by atoms with Gasteiger partial charge in [-0.15, -0.1) is 12.4 Å². The quantitative estimate of drug-likeness (QED) is 0.388. The summed E-state index contributed by atoms with van der Waals surface area (Å²) in [6.07, 6.45) is 14.4. The molecule has 0 bridgehead atoms. The largest absolute Gasteiger partial charge is 0.305 e. The third-order valence-corrected chi connectivity index (χ3v) is 3.80. The van der Waals surface area contributed by atoms with Gasteiger partial charge in [0.2, 0.25) is 0 Å². The topological polar surface area (TPSA) is 3.24 Å². The van der Waals surface area contributed by atoms with Gasteiger partial charge in [0, 0.05) is 6.54 Å². The first kappa shape index (κ1) is 24.7. The molecule has 0 amide bonds. The molecule has 0 N–H and O–H groups in total. The standard InChI is InChI=1S/C12H26.C9H13N.ClH/c1-3-5-7-9-11-12-10-8-6-4-2;1-10(2)8-9-6-4-3-5-7-9;/h3-12H2,1-2H3;3-7H,8H2,1-2H3;1H. The second-order valence-corrected chi connectivity index (χ2v) is 6.55. The van der Waals surface area contributed by atoms with Crippen molar-refractivity contribution in [3.05, 3.63) is 35.9 Å². The van der Waals surface area contributed by atoms with E-state index in [1.807, 2.05) is 6.07 Å². The number of hydrogen-bond donors (Lipinski definition) is 0. The Kier molecular flexibility index (Phi) is 21.0. The highest BCUT2D eigenvalue weighted by molar-refractivity contribution is 5.85. The first-order valence-corrected chi connectivity index (χ1v) is 9.39. The lowest BCUT2D eigenvalue weighted by molar-refractivity contribution is 0.402. The number of hydrogen-bond acceptors (Lipinski definition) is 1. The van der Waals surface area contributed by atoms with Crippen LogP contribution < -0.4 is 0 Å². The Bertz CT molecular complexity index is 301. The van der Waals surface area contributed by atoms with Gasteiger partial charge in [-0.2, -0.15) is 0 Å². The van der Waals surface area contributed by atoms with Crippen LogP contribution in [0.15, 0.2) is 30.3 Å². The third-order valence-electron chi connectivity index (χ3n) is 3.80. The number of nitrogens with zero attached hydrogens (tertiary/aromatic N) is 1. The lowest BCUT2D eigenvalue weighted by Crippen LogP contribution is -2.10. The van der Waals surface area contributed by atoms with Gasteiger partial charge < -0.3 is 4.90 Å². The van der Waals surface area contributed by atoms with Crippen LogP contribution in [0, 0.1) is 0 Å². The number of benzene rings is 1. The Balaban J connectivity index is 0. The summed E-state index contributed by atoms with van der Waals surface area (Å²) in [5.41, 5.74) is 1.37. The van der Waals surface area contributed by atoms with Gasteiger partial charge in [0.15, 0.2) is 0 Å². The Morgan fingerprint density at radius 2 is 1.04 bits per heavy atom. The van der Waals surface area contributed by atoms with E-state index >= 15 is 0 Å². The molecule has 0 aliphatic rings. The predicted octanol–water partition coefficient (Wildman–Crippen LogP) is 7.10. The van der Waals surface area contributed by atoms with Crippen LogP contribution in [0.1, 0.15) is 83.6 Å². The van der Waals surface area contributed by atoms with Gasteiger partial charge >= 0.3 is 0 Å². The SMILES string of the molecule is CCCCCCCCCCCC.CN(C)Cc1ccccc1.Cl. The molecule has 0 spiro atoms. The summed E-state index contributed by atoms with van der Waals surface area (Å²) in [4.78, 5) is 2.16. The monoisotopic (exact) mass is 341 g/mol. The zero-order chi connectivity index (χ0) is 16.5. The van der Waals surface area contributed by atoms with E-state index in [9.17, 15) is 0 Å². The molecular weight excluding hydrogens is 302 g/mol. The summed E-state index contributed by atoms with van der Waals surface area (Å²) >= 11 is 0. The highest BCUT2D eigenvalue weighted by Crippen LogP contribution is 2.09. The second-order valence-electron chi connectivity index (χ2n) is 6.55. The molecule has 0 unspecified atom stereocenters. The molecule has 0 atom stereocenters. The van der Waals surface area contributed by atoms with E-state index in [1.165, 1.54) is 69.8 Å². The predicted molar refractivity (Wildman–Crippen MR) is 109 cm³/mol. The molecule has 0 heterocycles. The highest BCUT2D eigenvalue weighted by atomic mass is 35.5. The fourth-order valence-electron chi connectivity index (χ4n) is 2.51. The van der Waals surface area contributed by atoms with E-state index < -0.39 is 0 Å². The van der Waals surface area contributed by atoms with Gasteiger partial charge in [-0.3, -0.25) is 0 Å². The van der Waals surface area contributed by atoms with Crippen LogP contribution in [-0.4, -0.2) is 19.0 Å². The van der Waals surface area contributed by atoms with Crippen LogP contribution in [0.3, 0.4) is 0 Å². The average molecular weight is 342 g/mol. The summed E-state index contributed by atoms with van der Waals surface area (Å²) in [5.74, 6) is 0. The van der Waals surface area contributed by atoms with Crippen molar-refractivity contribution in [3.63, 3.8) is 0 Å². The minimum absolute atomic E-state index is 0. The molecule has 0 saturated carbocycles. The number of halogens is 1. The Morgan fingerprint density at radius 3 is 1.39 bits per heavy atom. The molecular formula is C21H40ClN. The van der Waals surface area contributed by atoms with Crippen molar-refractivity contribution in [1.82, 2.24) is 4.90 Å². The van der Waals surface area contributed by atoms with E-state index in [1.54, 1.807) is 0 Å². The molecule has 1 aromatic carbocycles. The van der Waals surface area contributed by atoms with Crippen molar-refractivity contribution in [2.24, 2.45) is 0 Å². The van der Waals surface area contributed by atoms with Crippen LogP contribution in [0.2, 0.25) is 0 Å². The lowest BCUT2D eigenvalue weighted by atomic mass is 10.1. The average Bonchev–Trinajstić information content (AvgIpc) is 2.51. The smallest absolute Gasteiger partial charge is 0.0227 e. The molecule has 23 heavy (non-hydrogen) atoms. The number of rotatable bonds is 11. The van der Waals surface area contributed by atoms with Gasteiger partial charge in [-0.05, 0) is 19.7 Å². The van der Waals surface area contributed by atoms with Crippen molar-refractivity contribution in [3.8, 4) is 0 Å². The Hall–Kier alpha value is -0.530. The molecule has 1 aromatic rings. The van der Waals surface area contributed by atoms with Gasteiger partial charge in [-0.1, -0.05) is 108 Å². The molecule has 1 rings (SSSR count).